The van der Waals surface area contributed by atoms with Gasteiger partial charge in [-0.1, -0.05) is 19.1 Å². The van der Waals surface area contributed by atoms with Crippen LogP contribution in [0.5, 0.6) is 0 Å². The highest BCUT2D eigenvalue weighted by atomic mass is 32.2. The molecule has 5 heteroatoms. The number of para-hydroxylation sites is 1. The summed E-state index contributed by atoms with van der Waals surface area (Å²) in [5.74, 6) is 0.970. The molecule has 0 saturated carbocycles. The number of hydrogen-bond donors (Lipinski definition) is 1. The lowest BCUT2D eigenvalue weighted by Crippen LogP contribution is -2.18. The first-order valence-corrected chi connectivity index (χ1v) is 6.31. The normalized spacial score (nSPS) is 10.2. The maximum Gasteiger partial charge on any atom is 0.331 e. The van der Waals surface area contributed by atoms with E-state index < -0.39 is 0 Å². The first kappa shape index (κ1) is 11.7. The highest BCUT2D eigenvalue weighted by Gasteiger charge is 2.07. The van der Waals surface area contributed by atoms with Gasteiger partial charge in [0.1, 0.15) is 6.33 Å². The van der Waals surface area contributed by atoms with Crippen molar-refractivity contribution >= 4 is 23.5 Å². The molecule has 0 atom stereocenters. The van der Waals surface area contributed by atoms with Crippen molar-refractivity contribution in [2.45, 2.75) is 11.8 Å². The fourth-order valence-corrected chi connectivity index (χ4v) is 2.17. The molecule has 0 aliphatic carbocycles. The molecule has 1 N–H and O–H groups in total. The summed E-state index contributed by atoms with van der Waals surface area (Å²) in [6, 6.07) is 7.56. The minimum absolute atomic E-state index is 0.202. The second-order valence-corrected chi connectivity index (χ2v) is 4.64. The van der Waals surface area contributed by atoms with Crippen LogP contribution in [0.2, 0.25) is 0 Å². The number of carbonyl (C=O) groups is 1. The summed E-state index contributed by atoms with van der Waals surface area (Å²) >= 11 is 1.70. The van der Waals surface area contributed by atoms with Crippen molar-refractivity contribution in [2.24, 2.45) is 0 Å². The Kier molecular flexibility index (Phi) is 3.82. The molecule has 0 unspecified atom stereocenters. The maximum absolute atomic E-state index is 11.8. The molecule has 0 bridgehead atoms. The molecule has 1 aromatic carbocycles. The summed E-state index contributed by atoms with van der Waals surface area (Å²) in [6.45, 7) is 2.08. The van der Waals surface area contributed by atoms with Crippen LogP contribution in [0.4, 0.5) is 10.5 Å². The number of hydrogen-bond acceptors (Lipinski definition) is 3. The molecule has 1 amide bonds. The second kappa shape index (κ2) is 5.54. The van der Waals surface area contributed by atoms with Gasteiger partial charge in [-0.15, -0.1) is 11.8 Å². The average Bonchev–Trinajstić information content (AvgIpc) is 2.85. The molecule has 1 aromatic heterocycles. The summed E-state index contributed by atoms with van der Waals surface area (Å²) < 4.78 is 1.41. The number of anilines is 1. The standard InChI is InChI=1S/C12H13N3OS/c1-2-17-11-6-4-3-5-10(11)14-12(16)15-8-7-13-9-15/h3-9H,2H2,1H3,(H,14,16). The topological polar surface area (TPSA) is 46.9 Å². The highest BCUT2D eigenvalue weighted by Crippen LogP contribution is 2.26. The SMILES string of the molecule is CCSc1ccccc1NC(=O)n1ccnc1. The summed E-state index contributed by atoms with van der Waals surface area (Å²) in [7, 11) is 0. The van der Waals surface area contributed by atoms with Crippen molar-refractivity contribution in [3.05, 3.63) is 43.0 Å². The smallest absolute Gasteiger partial charge is 0.306 e. The zero-order chi connectivity index (χ0) is 12.1. The van der Waals surface area contributed by atoms with E-state index in [1.54, 1.807) is 24.2 Å². The van der Waals surface area contributed by atoms with Crippen LogP contribution in [0.1, 0.15) is 6.92 Å². The van der Waals surface area contributed by atoms with Gasteiger partial charge in [0.15, 0.2) is 0 Å². The molecule has 0 spiro atoms. The first-order chi connectivity index (χ1) is 8.31. The Morgan fingerprint density at radius 3 is 3.00 bits per heavy atom. The lowest BCUT2D eigenvalue weighted by Gasteiger charge is -2.09. The minimum atomic E-state index is -0.202. The van der Waals surface area contributed by atoms with Gasteiger partial charge in [0.05, 0.1) is 5.69 Å². The molecule has 2 aromatic rings. The van der Waals surface area contributed by atoms with E-state index in [-0.39, 0.29) is 6.03 Å². The van der Waals surface area contributed by atoms with Gasteiger partial charge < -0.3 is 5.32 Å². The van der Waals surface area contributed by atoms with E-state index in [1.165, 1.54) is 10.9 Å². The molecule has 0 aliphatic heterocycles. The third-order valence-electron chi connectivity index (χ3n) is 2.17. The Balaban J connectivity index is 2.15. The predicted octanol–water partition coefficient (Wildman–Crippen LogP) is 3.08. The summed E-state index contributed by atoms with van der Waals surface area (Å²) in [4.78, 5) is 16.7. The van der Waals surface area contributed by atoms with Gasteiger partial charge in [0, 0.05) is 17.3 Å². The van der Waals surface area contributed by atoms with Crippen molar-refractivity contribution in [3.63, 3.8) is 0 Å². The van der Waals surface area contributed by atoms with Gasteiger partial charge in [-0.2, -0.15) is 0 Å². The molecule has 0 radical (unpaired) electrons. The van der Waals surface area contributed by atoms with Crippen molar-refractivity contribution in [1.82, 2.24) is 9.55 Å². The summed E-state index contributed by atoms with van der Waals surface area (Å²) in [5, 5.41) is 2.86. The molecular weight excluding hydrogens is 234 g/mol. The molecule has 1 heterocycles. The van der Waals surface area contributed by atoms with Gasteiger partial charge in [-0.05, 0) is 17.9 Å². The largest absolute Gasteiger partial charge is 0.331 e. The van der Waals surface area contributed by atoms with Crippen molar-refractivity contribution in [2.75, 3.05) is 11.1 Å². The predicted molar refractivity (Wildman–Crippen MR) is 69.5 cm³/mol. The molecule has 0 aliphatic rings. The Bertz CT molecular complexity index is 496. The maximum atomic E-state index is 11.8. The van der Waals surface area contributed by atoms with Crippen LogP contribution in [-0.2, 0) is 0 Å². The van der Waals surface area contributed by atoms with Crippen molar-refractivity contribution in [3.8, 4) is 0 Å². The Morgan fingerprint density at radius 2 is 2.29 bits per heavy atom. The van der Waals surface area contributed by atoms with Crippen LogP contribution in [0.3, 0.4) is 0 Å². The van der Waals surface area contributed by atoms with Crippen LogP contribution in [0.15, 0.2) is 47.9 Å². The molecule has 0 fully saturated rings. The molecule has 2 rings (SSSR count). The van der Waals surface area contributed by atoms with Crippen molar-refractivity contribution < 1.29 is 4.79 Å². The zero-order valence-electron chi connectivity index (χ0n) is 9.46. The molecule has 4 nitrogen and oxygen atoms in total. The molecule has 0 saturated heterocycles. The highest BCUT2D eigenvalue weighted by molar-refractivity contribution is 7.99. The molecular formula is C12H13N3OS. The third-order valence-corrected chi connectivity index (χ3v) is 3.12. The Labute approximate surface area is 104 Å². The number of imidazole rings is 1. The summed E-state index contributed by atoms with van der Waals surface area (Å²) in [6.07, 6.45) is 4.67. The van der Waals surface area contributed by atoms with Gasteiger partial charge in [0.2, 0.25) is 0 Å². The van der Waals surface area contributed by atoms with Crippen molar-refractivity contribution in [1.29, 1.82) is 0 Å². The average molecular weight is 247 g/mol. The van der Waals surface area contributed by atoms with Crippen LogP contribution >= 0.6 is 11.8 Å². The van der Waals surface area contributed by atoms with Crippen LogP contribution < -0.4 is 5.32 Å². The fourth-order valence-electron chi connectivity index (χ4n) is 1.41. The number of amides is 1. The van der Waals surface area contributed by atoms with Gasteiger partial charge in [-0.3, -0.25) is 4.57 Å². The molecule has 88 valence electrons. The number of aromatic nitrogens is 2. The van der Waals surface area contributed by atoms with Crippen LogP contribution in [0.25, 0.3) is 0 Å². The van der Waals surface area contributed by atoms with Gasteiger partial charge >= 0.3 is 6.03 Å². The van der Waals surface area contributed by atoms with E-state index >= 15 is 0 Å². The number of thioether (sulfide) groups is 1. The van der Waals surface area contributed by atoms with Crippen LogP contribution in [0, 0.1) is 0 Å². The molecule has 17 heavy (non-hydrogen) atoms. The number of benzene rings is 1. The van der Waals surface area contributed by atoms with E-state index in [2.05, 4.69) is 17.2 Å². The minimum Gasteiger partial charge on any atom is -0.306 e. The lowest BCUT2D eigenvalue weighted by molar-refractivity contribution is 0.253. The number of nitrogens with one attached hydrogen (secondary N) is 1. The van der Waals surface area contributed by atoms with Gasteiger partial charge in [-0.25, -0.2) is 9.78 Å². The van der Waals surface area contributed by atoms with Gasteiger partial charge in [0.25, 0.3) is 0 Å². The van der Waals surface area contributed by atoms with E-state index in [0.717, 1.165) is 16.3 Å². The first-order valence-electron chi connectivity index (χ1n) is 5.32. The third kappa shape index (κ3) is 2.88. The van der Waals surface area contributed by atoms with E-state index in [4.69, 9.17) is 0 Å². The lowest BCUT2D eigenvalue weighted by atomic mass is 10.3. The number of nitrogens with zero attached hydrogens (tertiary/aromatic N) is 2. The Hall–Kier alpha value is -1.75. The summed E-state index contributed by atoms with van der Waals surface area (Å²) in [5.41, 5.74) is 0.832. The monoisotopic (exact) mass is 247 g/mol. The fraction of sp³-hybridized carbons (Fsp3) is 0.167. The van der Waals surface area contributed by atoms with Crippen LogP contribution in [-0.4, -0.2) is 21.3 Å². The van der Waals surface area contributed by atoms with E-state index in [0.29, 0.717) is 0 Å². The second-order valence-electron chi connectivity index (χ2n) is 3.33. The number of carbonyl (C=O) groups excluding carboxylic acids is 1. The quantitative estimate of drug-likeness (QED) is 0.848. The van der Waals surface area contributed by atoms with E-state index in [1.807, 2.05) is 24.3 Å². The van der Waals surface area contributed by atoms with E-state index in [9.17, 15) is 4.79 Å². The zero-order valence-corrected chi connectivity index (χ0v) is 10.3. The Morgan fingerprint density at radius 1 is 1.47 bits per heavy atom. The number of rotatable bonds is 3.